The van der Waals surface area contributed by atoms with Crippen LogP contribution in [0.5, 0.6) is 0 Å². The fourth-order valence-corrected chi connectivity index (χ4v) is 11.7. The van der Waals surface area contributed by atoms with E-state index in [1.165, 1.54) is 65.4 Å². The summed E-state index contributed by atoms with van der Waals surface area (Å²) in [5, 5.41) is 29.6. The largest absolute Gasteiger partial charge is 1.00 e. The smallest absolute Gasteiger partial charge is 1.00 e. The Morgan fingerprint density at radius 2 is 0.678 bits per heavy atom. The Kier molecular flexibility index (Phi) is 57.9. The van der Waals surface area contributed by atoms with E-state index in [1.807, 2.05) is 127 Å². The third-order valence-corrected chi connectivity index (χ3v) is 19.0. The molecule has 0 saturated heterocycles. The molecular weight excluding hydrogens is 1700 g/mol. The van der Waals surface area contributed by atoms with Gasteiger partial charge in [0.15, 0.2) is 0 Å². The first-order valence-corrected chi connectivity index (χ1v) is 38.2. The molecule has 25 heteroatoms. The second kappa shape index (κ2) is 62.8. The third kappa shape index (κ3) is 42.3. The van der Waals surface area contributed by atoms with E-state index in [0.717, 1.165) is 90.0 Å². The molecule has 0 aliphatic carbocycles. The molecule has 10 aromatic carbocycles. The second-order valence-corrected chi connectivity index (χ2v) is 27.5. The molecule has 0 amide bonds. The van der Waals surface area contributed by atoms with Gasteiger partial charge in [0, 0.05) is 93.5 Å². The topological polar surface area (TPSA) is 278 Å². The Hall–Kier alpha value is -7.23. The number of nitrogens with zero attached hydrogens (tertiary/aromatic N) is 2. The van der Waals surface area contributed by atoms with Crippen LogP contribution < -0.4 is 153 Å². The molecule has 0 radical (unpaired) electrons. The van der Waals surface area contributed by atoms with Crippen LogP contribution in [0.3, 0.4) is 0 Å². The van der Waals surface area contributed by atoms with Crippen LogP contribution in [0.25, 0.3) is 6.08 Å². The Morgan fingerprint density at radius 3 is 0.898 bits per heavy atom. The number of benzene rings is 10. The van der Waals surface area contributed by atoms with E-state index in [1.54, 1.807) is 0 Å². The molecule has 0 atom stereocenters. The third-order valence-electron chi connectivity index (χ3n) is 18.0. The molecule has 10 aromatic rings. The van der Waals surface area contributed by atoms with Crippen LogP contribution in [0.15, 0.2) is 231 Å². The summed E-state index contributed by atoms with van der Waals surface area (Å²) in [7, 11) is 4.62. The van der Waals surface area contributed by atoms with Gasteiger partial charge in [-0.3, -0.25) is 38.0 Å². The molecule has 0 bridgehead atoms. The van der Waals surface area contributed by atoms with Crippen LogP contribution in [-0.4, -0.2) is 93.6 Å². The van der Waals surface area contributed by atoms with Crippen LogP contribution in [-0.2, 0) is 102 Å². The van der Waals surface area contributed by atoms with Crippen molar-refractivity contribution in [2.45, 2.75) is 124 Å². The Bertz CT molecular complexity index is 4480. The number of methoxy groups -OCH3 is 4. The zero-order valence-electron chi connectivity index (χ0n) is 71.8. The van der Waals surface area contributed by atoms with E-state index in [4.69, 9.17) is 42.7 Å². The first-order chi connectivity index (χ1) is 55.2. The number of nitrogens with one attached hydrogen (secondary N) is 1. The van der Waals surface area contributed by atoms with E-state index in [9.17, 15) is 33.2 Å². The predicted octanol–water partition coefficient (Wildman–Crippen LogP) is 11.4. The molecule has 0 saturated carbocycles. The summed E-state index contributed by atoms with van der Waals surface area (Å²) in [5.41, 5.74) is 24.3. The van der Waals surface area contributed by atoms with Gasteiger partial charge in [-0.15, -0.1) is 11.6 Å². The molecule has 0 unspecified atom stereocenters. The van der Waals surface area contributed by atoms with Crippen molar-refractivity contribution >= 4 is 128 Å². The van der Waals surface area contributed by atoms with E-state index >= 15 is 0 Å². The minimum Gasteiger partial charge on any atom is -1.00 e. The maximum atomic E-state index is 11.5. The van der Waals surface area contributed by atoms with Gasteiger partial charge in [-0.25, -0.2) is 0 Å². The number of carboxylic acids is 2. The summed E-state index contributed by atoms with van der Waals surface area (Å²) >= 11 is 7.92. The van der Waals surface area contributed by atoms with Crippen molar-refractivity contribution in [3.05, 3.63) is 312 Å². The molecule has 0 fully saturated rings. The Balaban J connectivity index is 0. The van der Waals surface area contributed by atoms with Gasteiger partial charge in [-0.05, 0) is 290 Å². The summed E-state index contributed by atoms with van der Waals surface area (Å²) in [6.45, 7) is 16.1. The summed E-state index contributed by atoms with van der Waals surface area (Å²) < 4.78 is 35.6. The van der Waals surface area contributed by atoms with Gasteiger partial charge in [0.1, 0.15) is 0 Å². The van der Waals surface area contributed by atoms with E-state index in [-0.39, 0.29) is 182 Å². The average molecular weight is 1800 g/mol. The van der Waals surface area contributed by atoms with Crippen LogP contribution in [0.2, 0.25) is 0 Å². The van der Waals surface area contributed by atoms with Crippen molar-refractivity contribution in [3.8, 4) is 0 Å². The molecule has 118 heavy (non-hydrogen) atoms. The van der Waals surface area contributed by atoms with Gasteiger partial charge < -0.3 is 61.3 Å². The molecule has 0 aliphatic rings. The molecule has 4 N–H and O–H groups in total. The number of alkyl halides is 2. The number of esters is 4. The summed E-state index contributed by atoms with van der Waals surface area (Å²) in [5.74, 6) is -1.83. The second-order valence-electron chi connectivity index (χ2n) is 26.0. The number of carbonyl (C=O) groups excluding carboxylic acids is 5. The van der Waals surface area contributed by atoms with Crippen LogP contribution in [0, 0.1) is 45.1 Å². The van der Waals surface area contributed by atoms with Crippen LogP contribution in [0.4, 0.5) is 49.9 Å². The number of aryl methyl sites for hydroxylation is 12. The number of rotatable bonds is 29. The maximum Gasteiger partial charge on any atom is 1.00 e. The van der Waals surface area contributed by atoms with Crippen molar-refractivity contribution in [3.63, 3.8) is 0 Å². The van der Waals surface area contributed by atoms with E-state index < -0.39 is 19.1 Å². The molecule has 0 aromatic heterocycles. The van der Waals surface area contributed by atoms with Gasteiger partial charge in [-0.1, -0.05) is 128 Å². The molecule has 0 heterocycles. The maximum absolute atomic E-state index is 11.5. The molecule has 10 rings (SSSR count). The van der Waals surface area contributed by atoms with Gasteiger partial charge in [-0.2, -0.15) is 0 Å². The molecule has 19 nitrogen and oxygen atoms in total. The number of carboxylic acid groups (broad SMARTS) is 2. The number of hydrogen-bond acceptors (Lipinski definition) is 17. The van der Waals surface area contributed by atoms with Crippen molar-refractivity contribution in [2.75, 3.05) is 50.7 Å². The normalized spacial score (nSPS) is 9.76. The van der Waals surface area contributed by atoms with Gasteiger partial charge in [0.2, 0.25) is 0 Å². The number of hydrogen-bond donors (Lipinski definition) is 3. The summed E-state index contributed by atoms with van der Waals surface area (Å²) in [6.07, 6.45) is 7.16. The zero-order valence-corrected chi connectivity index (χ0v) is 81.0. The first kappa shape index (κ1) is 109. The first-order valence-electron chi connectivity index (χ1n) is 37.3. The summed E-state index contributed by atoms with van der Waals surface area (Å²) in [6, 6.07) is 75.6. The fraction of sp³-hybridized carbons (Fsp3) is 0.258. The Labute approximate surface area is 823 Å². The average Bonchev–Trinajstić information content (AvgIpc) is 0.804. The van der Waals surface area contributed by atoms with Gasteiger partial charge in [0.05, 0.1) is 37.0 Å². The van der Waals surface area contributed by atoms with Crippen molar-refractivity contribution in [2.24, 2.45) is 0 Å². The van der Waals surface area contributed by atoms with Crippen LogP contribution in [0.1, 0.15) is 119 Å². The number of anilines is 8. The number of carbonyl (C=O) groups is 7. The van der Waals surface area contributed by atoms with Gasteiger partial charge in [0.25, 0.3) is 6.47 Å². The minimum atomic E-state index is -1.00. The number of ether oxygens (including phenoxy) is 4. The minimum absolute atomic E-state index is 0. The van der Waals surface area contributed by atoms with E-state index in [2.05, 4.69) is 203 Å². The van der Waals surface area contributed by atoms with Crippen molar-refractivity contribution in [1.29, 1.82) is 0 Å². The van der Waals surface area contributed by atoms with Crippen molar-refractivity contribution < 1.29 is 218 Å². The number of halogens is 3. The fourth-order valence-electron chi connectivity index (χ4n) is 10.9. The monoisotopic (exact) mass is 1800 g/mol. The zero-order chi connectivity index (χ0) is 84.6. The molecule has 0 spiro atoms. The molecule has 0 aliphatic heterocycles. The van der Waals surface area contributed by atoms with Crippen molar-refractivity contribution in [1.82, 2.24) is 0 Å². The standard InChI is InChI=1S/C28H31NO4.C26H27NO4.C20H23NO4.C9H9Cl.C8H9I.CH3F.CH2O3.2K.Na.H2O.H/c1-20-5-12-26(19-21(20)2)29(24-13-6-22(7-14-24)10-17-27(30)32-3)25-15-8-23(9-16-25)11-18-28(31)33-4;1-18-3-10-24(17-19(18)2)27(22-11-4-20(5-12-22)8-15-25(28)29)23-13-6-21(7-14-23)9-16-26(30)31;1-24-19(22)13-7-15-3-9-17(10-4-15)21-18-11-5-16(6-12-18)8-14-20(23)25-2;1-2-8-3-5-9(7-10)6-4-8;1-6-3-4-8(9)5-7(6)2;1-2;2-1-4-3;;;;;/h5-9,12-16,19H,10-11,17-18H2,1-4H3;3-7,10-14,17H,8-9,15-16H2,1-2H3,(H,28,29)(H,30,31);3-6,9-12,21H,7-8,13-14H2,1-2H3;2-6H,1,7H2;3-5H,1-2H3;1H3;1,3H;;;;1H2;/q;;;;;;;3*+1;;-1/p-2/i;;;;;1D;;;;;;. The predicted molar refractivity (Wildman–Crippen MR) is 463 cm³/mol. The SMILES string of the molecule is C=Cc1ccc(CCl)cc1.COC(=O)CCc1ccc(N(c2ccc(CCC(=O)OC)cc2)c2ccc(C)c(C)c2)cc1.COC(=O)CCc1ccc(Nc2ccc(CCC(=O)OC)cc2)cc1.Cc1ccc(I)cc1C.Cc1ccc(N(c2ccc(CCC(=O)O)cc2)c2ccc(CCC(=O)O)cc2)cc1C.O=CO[O-].[2H]CF.[H-].[K+].[K+].[Na+].[OH-]. The number of aliphatic carboxylic acids is 2. The quantitative estimate of drug-likeness (QED) is 0.00574. The summed E-state index contributed by atoms with van der Waals surface area (Å²) in [4.78, 5) is 82.5. The van der Waals surface area contributed by atoms with Crippen LogP contribution >= 0.6 is 34.2 Å². The molecular formula is C93H105ClFIK2N3NaO16. The van der Waals surface area contributed by atoms with E-state index in [0.29, 0.717) is 70.1 Å². The van der Waals surface area contributed by atoms with Gasteiger partial charge >= 0.3 is 168 Å². The molecule has 612 valence electrons. The Morgan fingerprint density at radius 1 is 0.441 bits per heavy atom.